The van der Waals surface area contributed by atoms with Gasteiger partial charge in [0.2, 0.25) is 11.9 Å². The van der Waals surface area contributed by atoms with Gasteiger partial charge in [-0.2, -0.15) is 10.1 Å². The molecule has 3 aromatic heterocycles. The summed E-state index contributed by atoms with van der Waals surface area (Å²) in [6.45, 7) is 0. The number of nitrogens with one attached hydrogen (secondary N) is 3. The van der Waals surface area contributed by atoms with Crippen LogP contribution in [0.15, 0.2) is 53.3 Å². The van der Waals surface area contributed by atoms with Crippen LogP contribution in [0.2, 0.25) is 0 Å². The molecule has 0 spiro atoms. The zero-order chi connectivity index (χ0) is 20.2. The zero-order valence-electron chi connectivity index (χ0n) is 15.9. The van der Waals surface area contributed by atoms with E-state index in [1.54, 1.807) is 18.5 Å². The standard InChI is InChI=1S/C21H19N7O2/c22-19(29)16-10-1-2-11(7-10)17(16)26-20-18-14(5-6-30-18)25-21(27-20)24-13-4-3-12-9-23-28-15(12)8-13/h1-6,8-11,16-17H,7H2,(H2,22,29)(H,23,28)(H2,24,25,26,27)/t10-,11+,16+,17-/m0/s1. The number of amides is 1. The van der Waals surface area contributed by atoms with Gasteiger partial charge in [-0.3, -0.25) is 9.89 Å². The molecule has 4 aromatic rings. The molecule has 9 heteroatoms. The van der Waals surface area contributed by atoms with Gasteiger partial charge in [-0.05, 0) is 36.5 Å². The lowest BCUT2D eigenvalue weighted by atomic mass is 9.88. The van der Waals surface area contributed by atoms with Crippen molar-refractivity contribution in [1.29, 1.82) is 0 Å². The third kappa shape index (κ3) is 2.62. The molecule has 2 aliphatic rings. The number of nitrogens with zero attached hydrogens (tertiary/aromatic N) is 3. The molecule has 1 fully saturated rings. The summed E-state index contributed by atoms with van der Waals surface area (Å²) in [7, 11) is 0. The van der Waals surface area contributed by atoms with E-state index in [0.717, 1.165) is 23.0 Å². The van der Waals surface area contributed by atoms with E-state index in [9.17, 15) is 4.79 Å². The highest BCUT2D eigenvalue weighted by Gasteiger charge is 2.47. The highest BCUT2D eigenvalue weighted by molar-refractivity contribution is 5.87. The number of nitrogens with two attached hydrogens (primary N) is 1. The molecule has 6 rings (SSSR count). The van der Waals surface area contributed by atoms with Crippen LogP contribution in [0.25, 0.3) is 22.0 Å². The molecule has 2 aliphatic carbocycles. The van der Waals surface area contributed by atoms with E-state index < -0.39 is 0 Å². The first-order chi connectivity index (χ1) is 14.7. The average molecular weight is 401 g/mol. The fourth-order valence-electron chi connectivity index (χ4n) is 4.73. The second-order valence-electron chi connectivity index (χ2n) is 7.87. The van der Waals surface area contributed by atoms with Gasteiger partial charge in [0.15, 0.2) is 11.4 Å². The number of carbonyl (C=O) groups is 1. The first-order valence-corrected chi connectivity index (χ1v) is 9.85. The summed E-state index contributed by atoms with van der Waals surface area (Å²) in [4.78, 5) is 21.3. The Morgan fingerprint density at radius 1 is 1.20 bits per heavy atom. The van der Waals surface area contributed by atoms with Gasteiger partial charge in [0.25, 0.3) is 0 Å². The molecule has 0 radical (unpaired) electrons. The van der Waals surface area contributed by atoms with Crippen molar-refractivity contribution in [3.8, 4) is 0 Å². The number of furan rings is 1. The molecule has 1 amide bonds. The number of rotatable bonds is 5. The van der Waals surface area contributed by atoms with E-state index in [-0.39, 0.29) is 29.7 Å². The lowest BCUT2D eigenvalue weighted by Crippen LogP contribution is -2.41. The average Bonchev–Trinajstić information content (AvgIpc) is 3.50. The van der Waals surface area contributed by atoms with Crippen molar-refractivity contribution in [3.05, 3.63) is 48.9 Å². The number of primary amides is 1. The second-order valence-corrected chi connectivity index (χ2v) is 7.87. The zero-order valence-corrected chi connectivity index (χ0v) is 15.9. The van der Waals surface area contributed by atoms with Crippen molar-refractivity contribution in [3.63, 3.8) is 0 Å². The molecule has 30 heavy (non-hydrogen) atoms. The minimum Gasteiger partial charge on any atom is -0.459 e. The van der Waals surface area contributed by atoms with Gasteiger partial charge in [0.1, 0.15) is 5.52 Å². The molecule has 0 unspecified atom stereocenters. The molecule has 9 nitrogen and oxygen atoms in total. The van der Waals surface area contributed by atoms with E-state index in [1.165, 1.54) is 0 Å². The number of anilines is 3. The van der Waals surface area contributed by atoms with E-state index in [0.29, 0.717) is 22.9 Å². The molecule has 150 valence electrons. The SMILES string of the molecule is NC(=O)[C@H]1[C@@H](Nc2nc(Nc3ccc4cn[nH]c4c3)nc3ccoc23)[C@@H]2C=C[C@H]1C2. The number of H-pyrrole nitrogens is 1. The van der Waals surface area contributed by atoms with Crippen LogP contribution < -0.4 is 16.4 Å². The number of fused-ring (bicyclic) bond motifs is 4. The van der Waals surface area contributed by atoms with Gasteiger partial charge >= 0.3 is 0 Å². The predicted molar refractivity (Wildman–Crippen MR) is 112 cm³/mol. The van der Waals surface area contributed by atoms with Crippen molar-refractivity contribution in [1.82, 2.24) is 20.2 Å². The number of carbonyl (C=O) groups excluding carboxylic acids is 1. The maximum atomic E-state index is 12.1. The Bertz CT molecular complexity index is 1310. The second kappa shape index (κ2) is 6.31. The Balaban J connectivity index is 1.35. The molecule has 3 heterocycles. The summed E-state index contributed by atoms with van der Waals surface area (Å²) >= 11 is 0. The minimum absolute atomic E-state index is 0.116. The fourth-order valence-corrected chi connectivity index (χ4v) is 4.73. The Morgan fingerprint density at radius 3 is 3.00 bits per heavy atom. The Hall–Kier alpha value is -3.88. The summed E-state index contributed by atoms with van der Waals surface area (Å²) in [6.07, 6.45) is 8.53. The largest absolute Gasteiger partial charge is 0.459 e. The number of benzene rings is 1. The fraction of sp³-hybridized carbons (Fsp3) is 0.238. The third-order valence-electron chi connectivity index (χ3n) is 6.09. The van der Waals surface area contributed by atoms with E-state index in [4.69, 9.17) is 10.2 Å². The van der Waals surface area contributed by atoms with Crippen LogP contribution in [-0.2, 0) is 4.79 Å². The van der Waals surface area contributed by atoms with Gasteiger partial charge in [-0.1, -0.05) is 12.2 Å². The van der Waals surface area contributed by atoms with Crippen molar-refractivity contribution in [2.75, 3.05) is 10.6 Å². The van der Waals surface area contributed by atoms with Gasteiger partial charge in [-0.25, -0.2) is 4.98 Å². The molecular formula is C21H19N7O2. The summed E-state index contributed by atoms with van der Waals surface area (Å²) in [6, 6.07) is 7.53. The highest BCUT2D eigenvalue weighted by atomic mass is 16.3. The van der Waals surface area contributed by atoms with Gasteiger partial charge in [0.05, 0.1) is 23.9 Å². The highest BCUT2D eigenvalue weighted by Crippen LogP contribution is 2.45. The number of hydrogen-bond acceptors (Lipinski definition) is 7. The normalized spacial score (nSPS) is 24.7. The van der Waals surface area contributed by atoms with Crippen LogP contribution in [0.4, 0.5) is 17.5 Å². The quantitative estimate of drug-likeness (QED) is 0.378. The molecule has 0 aliphatic heterocycles. The lowest BCUT2D eigenvalue weighted by Gasteiger charge is -2.27. The summed E-state index contributed by atoms with van der Waals surface area (Å²) in [5.74, 6) is 0.843. The maximum Gasteiger partial charge on any atom is 0.229 e. The van der Waals surface area contributed by atoms with Gasteiger partial charge in [-0.15, -0.1) is 0 Å². The van der Waals surface area contributed by atoms with Crippen LogP contribution in [0, 0.1) is 17.8 Å². The Morgan fingerprint density at radius 2 is 2.10 bits per heavy atom. The number of aromatic nitrogens is 4. The van der Waals surface area contributed by atoms with Crippen molar-refractivity contribution < 1.29 is 9.21 Å². The van der Waals surface area contributed by atoms with Gasteiger partial charge < -0.3 is 20.8 Å². The van der Waals surface area contributed by atoms with Crippen LogP contribution >= 0.6 is 0 Å². The lowest BCUT2D eigenvalue weighted by molar-refractivity contribution is -0.122. The van der Waals surface area contributed by atoms with Crippen molar-refractivity contribution in [2.24, 2.45) is 23.5 Å². The van der Waals surface area contributed by atoms with E-state index in [1.807, 2.05) is 18.2 Å². The van der Waals surface area contributed by atoms with Crippen LogP contribution in [-0.4, -0.2) is 32.1 Å². The van der Waals surface area contributed by atoms with Crippen molar-refractivity contribution in [2.45, 2.75) is 12.5 Å². The van der Waals surface area contributed by atoms with Crippen LogP contribution in [0.3, 0.4) is 0 Å². The smallest absolute Gasteiger partial charge is 0.229 e. The minimum atomic E-state index is -0.291. The summed E-state index contributed by atoms with van der Waals surface area (Å²) < 4.78 is 5.62. The molecular weight excluding hydrogens is 382 g/mol. The Labute approximate surface area is 170 Å². The maximum absolute atomic E-state index is 12.1. The molecule has 0 saturated heterocycles. The molecule has 1 saturated carbocycles. The third-order valence-corrected chi connectivity index (χ3v) is 6.09. The van der Waals surface area contributed by atoms with E-state index in [2.05, 4.69) is 43.0 Å². The number of hydrogen-bond donors (Lipinski definition) is 4. The van der Waals surface area contributed by atoms with Gasteiger partial charge in [0, 0.05) is 23.2 Å². The van der Waals surface area contributed by atoms with Crippen LogP contribution in [0.5, 0.6) is 0 Å². The first kappa shape index (κ1) is 17.0. The molecule has 4 atom stereocenters. The topological polar surface area (TPSA) is 135 Å². The molecule has 2 bridgehead atoms. The monoisotopic (exact) mass is 401 g/mol. The molecule has 5 N–H and O–H groups in total. The molecule has 1 aromatic carbocycles. The summed E-state index contributed by atoms with van der Waals surface area (Å²) in [5, 5.41) is 14.7. The number of aromatic amines is 1. The van der Waals surface area contributed by atoms with Crippen molar-refractivity contribution >= 4 is 45.4 Å². The van der Waals surface area contributed by atoms with E-state index >= 15 is 0 Å². The predicted octanol–water partition coefficient (Wildman–Crippen LogP) is 2.93. The summed E-state index contributed by atoms with van der Waals surface area (Å²) in [5.41, 5.74) is 8.68. The first-order valence-electron chi connectivity index (χ1n) is 9.85. The van der Waals surface area contributed by atoms with Crippen LogP contribution in [0.1, 0.15) is 6.42 Å². The Kier molecular flexibility index (Phi) is 3.58. The number of allylic oxidation sites excluding steroid dienone is 1.